The molecule has 0 atom stereocenters. The molecule has 0 aromatic heterocycles. The van der Waals surface area contributed by atoms with E-state index in [1.165, 1.54) is 25.8 Å². The van der Waals surface area contributed by atoms with Crippen molar-refractivity contribution in [2.24, 2.45) is 0 Å². The normalized spacial score (nSPS) is 11.0. The van der Waals surface area contributed by atoms with Crippen molar-refractivity contribution in [3.63, 3.8) is 0 Å². The SMILES string of the molecule is CCCCCNC(=O)N(C)C(C)(C)C(=O)O. The molecule has 2 N–H and O–H groups in total. The van der Waals surface area contributed by atoms with E-state index in [4.69, 9.17) is 5.11 Å². The predicted molar refractivity (Wildman–Crippen MR) is 62.4 cm³/mol. The van der Waals surface area contributed by atoms with Crippen molar-refractivity contribution in [2.45, 2.75) is 45.6 Å². The molecular weight excluding hydrogens is 208 g/mol. The van der Waals surface area contributed by atoms with E-state index in [-0.39, 0.29) is 6.03 Å². The van der Waals surface area contributed by atoms with E-state index in [9.17, 15) is 9.59 Å². The van der Waals surface area contributed by atoms with Crippen LogP contribution in [-0.2, 0) is 4.79 Å². The van der Waals surface area contributed by atoms with Crippen molar-refractivity contribution in [3.05, 3.63) is 0 Å². The van der Waals surface area contributed by atoms with Crippen molar-refractivity contribution in [3.8, 4) is 0 Å². The van der Waals surface area contributed by atoms with Crippen LogP contribution in [0.3, 0.4) is 0 Å². The van der Waals surface area contributed by atoms with E-state index in [2.05, 4.69) is 12.2 Å². The molecule has 0 rings (SSSR count). The number of amides is 2. The number of carboxylic acid groups (broad SMARTS) is 1. The zero-order valence-corrected chi connectivity index (χ0v) is 10.5. The van der Waals surface area contributed by atoms with Crippen LogP contribution in [0.1, 0.15) is 40.0 Å². The molecule has 0 radical (unpaired) electrons. The Morgan fingerprint density at radius 3 is 2.31 bits per heavy atom. The highest BCUT2D eigenvalue weighted by Crippen LogP contribution is 2.12. The van der Waals surface area contributed by atoms with Gasteiger partial charge in [-0.25, -0.2) is 9.59 Å². The van der Waals surface area contributed by atoms with Crippen molar-refractivity contribution in [1.82, 2.24) is 10.2 Å². The molecule has 0 aromatic rings. The number of nitrogens with one attached hydrogen (secondary N) is 1. The summed E-state index contributed by atoms with van der Waals surface area (Å²) in [6.07, 6.45) is 3.07. The maximum atomic E-state index is 11.6. The molecule has 0 aromatic carbocycles. The van der Waals surface area contributed by atoms with E-state index in [1.807, 2.05) is 0 Å². The lowest BCUT2D eigenvalue weighted by Gasteiger charge is -2.31. The predicted octanol–water partition coefficient (Wildman–Crippen LogP) is 1.68. The van der Waals surface area contributed by atoms with Crippen molar-refractivity contribution in [2.75, 3.05) is 13.6 Å². The monoisotopic (exact) mass is 230 g/mol. The molecule has 0 bridgehead atoms. The first-order chi connectivity index (χ1) is 7.34. The standard InChI is InChI=1S/C11H22N2O3/c1-5-6-7-8-12-10(16)13(4)11(2,3)9(14)15/h5-8H2,1-4H3,(H,12,16)(H,14,15). The first-order valence-electron chi connectivity index (χ1n) is 5.59. The van der Waals surface area contributed by atoms with Gasteiger partial charge in [0.2, 0.25) is 0 Å². The number of likely N-dealkylation sites (N-methyl/N-ethyl adjacent to an activating group) is 1. The minimum Gasteiger partial charge on any atom is -0.480 e. The quantitative estimate of drug-likeness (QED) is 0.682. The summed E-state index contributed by atoms with van der Waals surface area (Å²) in [6.45, 7) is 5.68. The Labute approximate surface area is 96.8 Å². The maximum absolute atomic E-state index is 11.6. The highest BCUT2D eigenvalue weighted by molar-refractivity contribution is 5.85. The molecule has 0 heterocycles. The molecule has 0 unspecified atom stereocenters. The minimum atomic E-state index is -1.19. The first-order valence-corrected chi connectivity index (χ1v) is 5.59. The van der Waals surface area contributed by atoms with Gasteiger partial charge in [-0.2, -0.15) is 0 Å². The fraction of sp³-hybridized carbons (Fsp3) is 0.818. The third-order valence-corrected chi connectivity index (χ3v) is 2.72. The van der Waals surface area contributed by atoms with Gasteiger partial charge >= 0.3 is 12.0 Å². The second kappa shape index (κ2) is 6.35. The van der Waals surface area contributed by atoms with Crippen LogP contribution < -0.4 is 5.32 Å². The summed E-state index contributed by atoms with van der Waals surface area (Å²) in [5.74, 6) is -1.02. The summed E-state index contributed by atoms with van der Waals surface area (Å²) in [7, 11) is 1.49. The van der Waals surface area contributed by atoms with Crippen LogP contribution in [0.5, 0.6) is 0 Å². The van der Waals surface area contributed by atoms with Gasteiger partial charge in [0.1, 0.15) is 5.54 Å². The van der Waals surface area contributed by atoms with Gasteiger partial charge in [-0.1, -0.05) is 19.8 Å². The van der Waals surface area contributed by atoms with Crippen LogP contribution in [0.25, 0.3) is 0 Å². The molecule has 5 heteroatoms. The Hall–Kier alpha value is -1.26. The summed E-state index contributed by atoms with van der Waals surface area (Å²) in [5.41, 5.74) is -1.19. The van der Waals surface area contributed by atoms with Gasteiger partial charge in [0.25, 0.3) is 0 Å². The van der Waals surface area contributed by atoms with Gasteiger partial charge in [-0.3, -0.25) is 0 Å². The Morgan fingerprint density at radius 1 is 1.31 bits per heavy atom. The summed E-state index contributed by atoms with van der Waals surface area (Å²) < 4.78 is 0. The Kier molecular flexibility index (Phi) is 5.85. The van der Waals surface area contributed by atoms with Gasteiger partial charge in [-0.15, -0.1) is 0 Å². The Morgan fingerprint density at radius 2 is 1.88 bits per heavy atom. The number of carboxylic acids is 1. The lowest BCUT2D eigenvalue weighted by atomic mass is 10.1. The van der Waals surface area contributed by atoms with E-state index < -0.39 is 11.5 Å². The second-order valence-electron chi connectivity index (χ2n) is 4.36. The number of carbonyl (C=O) groups is 2. The van der Waals surface area contributed by atoms with Gasteiger partial charge in [0.05, 0.1) is 0 Å². The average Bonchev–Trinajstić information content (AvgIpc) is 2.22. The summed E-state index contributed by atoms with van der Waals surface area (Å²) in [6, 6.07) is -0.344. The molecular formula is C11H22N2O3. The Balaban J connectivity index is 4.13. The summed E-state index contributed by atoms with van der Waals surface area (Å²) >= 11 is 0. The molecule has 5 nitrogen and oxygen atoms in total. The minimum absolute atomic E-state index is 0.344. The summed E-state index contributed by atoms with van der Waals surface area (Å²) in [5, 5.41) is 11.7. The Bertz CT molecular complexity index is 252. The number of carbonyl (C=O) groups excluding carboxylic acids is 1. The summed E-state index contributed by atoms with van der Waals surface area (Å²) in [4.78, 5) is 23.7. The lowest BCUT2D eigenvalue weighted by Crippen LogP contribution is -2.54. The van der Waals surface area contributed by atoms with Crippen LogP contribution in [-0.4, -0.2) is 41.1 Å². The molecule has 0 aliphatic rings. The highest BCUT2D eigenvalue weighted by atomic mass is 16.4. The molecule has 0 fully saturated rings. The second-order valence-corrected chi connectivity index (χ2v) is 4.36. The average molecular weight is 230 g/mol. The first kappa shape index (κ1) is 14.7. The van der Waals surface area contributed by atoms with Crippen LogP contribution in [0.15, 0.2) is 0 Å². The zero-order valence-electron chi connectivity index (χ0n) is 10.5. The van der Waals surface area contributed by atoms with Crippen molar-refractivity contribution >= 4 is 12.0 Å². The molecule has 0 saturated carbocycles. The van der Waals surface area contributed by atoms with Gasteiger partial charge in [-0.05, 0) is 20.3 Å². The van der Waals surface area contributed by atoms with Crippen LogP contribution in [0.2, 0.25) is 0 Å². The fourth-order valence-electron chi connectivity index (χ4n) is 1.09. The zero-order chi connectivity index (χ0) is 12.8. The lowest BCUT2D eigenvalue weighted by molar-refractivity contribution is -0.146. The van der Waals surface area contributed by atoms with Gasteiger partial charge in [0, 0.05) is 13.6 Å². The van der Waals surface area contributed by atoms with Gasteiger partial charge in [0.15, 0.2) is 0 Å². The number of aliphatic carboxylic acids is 1. The molecule has 2 amide bonds. The number of rotatable bonds is 6. The molecule has 0 spiro atoms. The molecule has 0 saturated heterocycles. The molecule has 94 valence electrons. The molecule has 0 aliphatic heterocycles. The fourth-order valence-corrected chi connectivity index (χ4v) is 1.09. The topological polar surface area (TPSA) is 69.6 Å². The number of hydrogen-bond donors (Lipinski definition) is 2. The van der Waals surface area contributed by atoms with Crippen LogP contribution >= 0.6 is 0 Å². The van der Waals surface area contributed by atoms with E-state index in [1.54, 1.807) is 0 Å². The number of urea groups is 1. The van der Waals surface area contributed by atoms with Crippen molar-refractivity contribution in [1.29, 1.82) is 0 Å². The smallest absolute Gasteiger partial charge is 0.329 e. The van der Waals surface area contributed by atoms with Gasteiger partial charge < -0.3 is 15.3 Å². The number of unbranched alkanes of at least 4 members (excludes halogenated alkanes) is 2. The van der Waals surface area contributed by atoms with E-state index in [0.717, 1.165) is 19.3 Å². The van der Waals surface area contributed by atoms with E-state index >= 15 is 0 Å². The van der Waals surface area contributed by atoms with Crippen LogP contribution in [0, 0.1) is 0 Å². The van der Waals surface area contributed by atoms with Crippen molar-refractivity contribution < 1.29 is 14.7 Å². The molecule has 16 heavy (non-hydrogen) atoms. The number of hydrogen-bond acceptors (Lipinski definition) is 2. The third kappa shape index (κ3) is 4.08. The molecule has 0 aliphatic carbocycles. The third-order valence-electron chi connectivity index (χ3n) is 2.72. The van der Waals surface area contributed by atoms with Crippen LogP contribution in [0.4, 0.5) is 4.79 Å². The van der Waals surface area contributed by atoms with E-state index in [0.29, 0.717) is 6.54 Å². The largest absolute Gasteiger partial charge is 0.480 e. The maximum Gasteiger partial charge on any atom is 0.329 e. The highest BCUT2D eigenvalue weighted by Gasteiger charge is 2.34. The number of nitrogens with zero attached hydrogens (tertiary/aromatic N) is 1.